The first-order valence-corrected chi connectivity index (χ1v) is 34.1. The molecule has 6 saturated heterocycles. The van der Waals surface area contributed by atoms with E-state index in [1.54, 1.807) is 62.0 Å². The Balaban J connectivity index is 0.702. The molecule has 3 saturated carbocycles. The molecule has 0 aromatic carbocycles. The zero-order valence-corrected chi connectivity index (χ0v) is 57.7. The number of methoxy groups -OCH3 is 5. The van der Waals surface area contributed by atoms with Crippen LogP contribution in [0.5, 0.6) is 0 Å². The van der Waals surface area contributed by atoms with Crippen LogP contribution in [0, 0.1) is 16.7 Å². The van der Waals surface area contributed by atoms with Crippen molar-refractivity contribution < 1.29 is 136 Å². The first kappa shape index (κ1) is 75.6. The third kappa shape index (κ3) is 13.8. The van der Waals surface area contributed by atoms with Gasteiger partial charge in [-0.15, -0.1) is 0 Å². The number of ether oxygens (including phenoxy) is 18. The normalized spacial score (nSPS) is 51.6. The lowest BCUT2D eigenvalue weighted by molar-refractivity contribution is -0.374. The molecule has 0 radical (unpaired) electrons. The van der Waals surface area contributed by atoms with E-state index in [0.717, 1.165) is 5.57 Å². The molecule has 35 atom stereocenters. The maximum atomic E-state index is 13.5. The Morgan fingerprint density at radius 2 is 1.05 bits per heavy atom. The van der Waals surface area contributed by atoms with Gasteiger partial charge in [-0.2, -0.15) is 0 Å². The van der Waals surface area contributed by atoms with Crippen LogP contribution in [0.2, 0.25) is 0 Å². The molecule has 10 aliphatic rings. The minimum Gasteiger partial charge on any atom is -0.458 e. The van der Waals surface area contributed by atoms with E-state index in [1.165, 1.54) is 21.1 Å². The molecule has 6 aliphatic heterocycles. The Hall–Kier alpha value is -2.09. The van der Waals surface area contributed by atoms with Crippen molar-refractivity contribution in [1.29, 1.82) is 0 Å². The van der Waals surface area contributed by atoms with E-state index in [0.29, 0.717) is 44.1 Å². The van der Waals surface area contributed by atoms with E-state index in [4.69, 9.17) is 85.3 Å². The fourth-order valence-electron chi connectivity index (χ4n) is 17.8. The molecule has 10 rings (SSSR count). The number of allylic oxidation sites excluding steroid dienone is 1. The number of carbonyl (C=O) groups excluding carboxylic acids is 1. The van der Waals surface area contributed by atoms with Crippen LogP contribution in [0.4, 0.5) is 0 Å². The molecule has 28 nitrogen and oxygen atoms in total. The molecule has 0 bridgehead atoms. The van der Waals surface area contributed by atoms with Gasteiger partial charge >= 0.3 is 5.97 Å². The summed E-state index contributed by atoms with van der Waals surface area (Å²) in [5.41, 5.74) is -6.23. The van der Waals surface area contributed by atoms with Gasteiger partial charge in [-0.05, 0) is 106 Å². The first-order chi connectivity index (χ1) is 44.9. The van der Waals surface area contributed by atoms with E-state index in [2.05, 4.69) is 6.92 Å². The largest absolute Gasteiger partial charge is 0.458 e. The van der Waals surface area contributed by atoms with Crippen molar-refractivity contribution in [3.8, 4) is 0 Å². The van der Waals surface area contributed by atoms with Gasteiger partial charge in [-0.3, -0.25) is 0 Å². The molecule has 0 unspecified atom stereocenters. The summed E-state index contributed by atoms with van der Waals surface area (Å²) in [6, 6.07) is 0. The average molecular weight is 1360 g/mol. The van der Waals surface area contributed by atoms with Gasteiger partial charge in [0.05, 0.1) is 79.2 Å². The molecule has 0 aromatic rings. The highest BCUT2D eigenvalue weighted by atomic mass is 16.8. The summed E-state index contributed by atoms with van der Waals surface area (Å²) >= 11 is 0. The molecule has 0 spiro atoms. The highest BCUT2D eigenvalue weighted by Gasteiger charge is 2.81. The Labute approximate surface area is 557 Å². The van der Waals surface area contributed by atoms with Gasteiger partial charge in [0.15, 0.2) is 37.7 Å². The second-order valence-corrected chi connectivity index (χ2v) is 28.8. The van der Waals surface area contributed by atoms with Crippen LogP contribution < -0.4 is 0 Å². The number of fused-ring (bicyclic) bond motifs is 5. The van der Waals surface area contributed by atoms with Crippen LogP contribution in [-0.2, 0) is 90.1 Å². The van der Waals surface area contributed by atoms with Crippen molar-refractivity contribution >= 4 is 5.97 Å². The number of carbonyl (C=O) groups is 1. The van der Waals surface area contributed by atoms with E-state index in [1.807, 2.05) is 26.8 Å². The van der Waals surface area contributed by atoms with Crippen molar-refractivity contribution in [2.45, 2.75) is 335 Å². The minimum absolute atomic E-state index is 0.00780. The fraction of sp³-hybridized carbons (Fsp3) is 0.925. The van der Waals surface area contributed by atoms with E-state index in [9.17, 15) is 50.8 Å². The fourth-order valence-corrected chi connectivity index (χ4v) is 17.8. The van der Waals surface area contributed by atoms with E-state index >= 15 is 0 Å². The van der Waals surface area contributed by atoms with Gasteiger partial charge in [0.2, 0.25) is 0 Å². The summed E-state index contributed by atoms with van der Waals surface area (Å²) in [5.74, 6) is -1.14. The average Bonchev–Trinajstić information content (AvgIpc) is 1.59. The van der Waals surface area contributed by atoms with Crippen LogP contribution in [-0.4, -0.2) is 289 Å². The molecule has 0 aromatic heterocycles. The van der Waals surface area contributed by atoms with Gasteiger partial charge < -0.3 is 131 Å². The van der Waals surface area contributed by atoms with Gasteiger partial charge in [-0.25, -0.2) is 4.79 Å². The summed E-state index contributed by atoms with van der Waals surface area (Å²) in [7, 11) is 7.74. The molecular formula is C67H110O28. The Morgan fingerprint density at radius 3 is 1.52 bits per heavy atom. The molecule has 4 aliphatic carbocycles. The predicted molar refractivity (Wildman–Crippen MR) is 329 cm³/mol. The number of esters is 1. The van der Waals surface area contributed by atoms with E-state index < -0.39 is 218 Å². The van der Waals surface area contributed by atoms with Crippen LogP contribution in [0.25, 0.3) is 0 Å². The summed E-state index contributed by atoms with van der Waals surface area (Å²) in [6.45, 7) is 17.1. The molecule has 546 valence electrons. The molecule has 0 amide bonds. The predicted octanol–water partition coefficient (Wildman–Crippen LogP) is 1.61. The standard InChI is InChI=1S/C67H110O28/c1-16-30(2)60(74)90-45-28-44-63(9)19-18-38(23-37(63)17-20-66(44,76)67(77)22-21-65(75,36(8)69)64(45,67)10)88-46-24-39(78-11)54(31(3)83-46)91-47-25-40(79-12)55(32(4)84-47)92-48-26-41(80-13)56(33(5)85-48)93-49-27-42(81-14)57(34(6)86-49)94-62-53(73)59(82-15)58(35(7)87-62)95-61-52(72)51(71)50(70)43(29-68)89-61/h16-17,31-36,38-59,61-62,68-73,75-77H,18-29H2,1-15H3/b30-16+/t31-,32-,33-,34-,35-,36+,38+,39+,40+,41-,42-,43-,44-,45-,46+,47+,48+,49+,50-,51+,52-,53-,54-,55-,56-,57-,58-,59-,61+,62+,63+,64-,65-,66+,67-/m1/s1. The van der Waals surface area contributed by atoms with Gasteiger partial charge in [0.25, 0.3) is 0 Å². The molecule has 9 N–H and O–H groups in total. The first-order valence-electron chi connectivity index (χ1n) is 34.1. The number of hydrogen-bond acceptors (Lipinski definition) is 28. The quantitative estimate of drug-likeness (QED) is 0.0448. The summed E-state index contributed by atoms with van der Waals surface area (Å²) < 4.78 is 113. The van der Waals surface area contributed by atoms with Crippen LogP contribution in [0.3, 0.4) is 0 Å². The molecule has 28 heteroatoms. The lowest BCUT2D eigenvalue weighted by Gasteiger charge is -2.67. The van der Waals surface area contributed by atoms with Gasteiger partial charge in [0, 0.05) is 72.7 Å². The summed E-state index contributed by atoms with van der Waals surface area (Å²) in [4.78, 5) is 13.5. The van der Waals surface area contributed by atoms with Gasteiger partial charge in [-0.1, -0.05) is 31.6 Å². The van der Waals surface area contributed by atoms with Gasteiger partial charge in [0.1, 0.15) is 90.1 Å². The van der Waals surface area contributed by atoms with Crippen molar-refractivity contribution in [1.82, 2.24) is 0 Å². The maximum absolute atomic E-state index is 13.5. The monoisotopic (exact) mass is 1360 g/mol. The van der Waals surface area contributed by atoms with Crippen molar-refractivity contribution in [2.75, 3.05) is 42.2 Å². The van der Waals surface area contributed by atoms with Crippen molar-refractivity contribution in [2.24, 2.45) is 16.7 Å². The maximum Gasteiger partial charge on any atom is 0.333 e. The third-order valence-corrected chi connectivity index (χ3v) is 23.7. The second-order valence-electron chi connectivity index (χ2n) is 28.8. The number of aliphatic hydroxyl groups is 9. The lowest BCUT2D eigenvalue weighted by Crippen LogP contribution is -2.78. The zero-order chi connectivity index (χ0) is 69.2. The van der Waals surface area contributed by atoms with Crippen molar-refractivity contribution in [3.05, 3.63) is 23.3 Å². The summed E-state index contributed by atoms with van der Waals surface area (Å²) in [6.07, 6.45) is -18.6. The lowest BCUT2D eigenvalue weighted by atomic mass is 9.42. The second kappa shape index (κ2) is 30.1. The minimum atomic E-state index is -1.91. The number of rotatable bonds is 21. The topological polar surface area (TPSA) is 365 Å². The van der Waals surface area contributed by atoms with Crippen LogP contribution >= 0.6 is 0 Å². The SMILES string of the molecule is C/C=C(\C)C(=O)O[C@@H]1C[C@@H]2[C@@]3(C)CC[C@H](O[C@H]4C[C@H](OC)[C@H](O[C@H]5C[C@H](OC)[C@H](O[C@H]6C[C@@H](OC)[C@H](O[C@H]7C[C@@H](OC)[C@H](O[C@@H]8O[C@H](C)[C@@H](O[C@@H]9O[C@H](CO)[C@@H](O)[C@H](O)[C@H]9O)[C@H](OC)[C@H]8O)[C@@H](C)O7)[C@@H](C)O6)[C@@H](C)O5)[C@@H](C)O4)CC3=CC[C@@]2(O)[C@@]2(O)CC[C@@](O)([C@H](C)O)[C@@]12C. The Kier molecular flexibility index (Phi) is 23.9. The van der Waals surface area contributed by atoms with Crippen LogP contribution in [0.1, 0.15) is 140 Å². The molecule has 9 fully saturated rings. The van der Waals surface area contributed by atoms with Crippen LogP contribution in [0.15, 0.2) is 23.3 Å². The zero-order valence-electron chi connectivity index (χ0n) is 57.7. The smallest absolute Gasteiger partial charge is 0.333 e. The Bertz CT molecular complexity index is 2620. The molecule has 6 heterocycles. The molecule has 95 heavy (non-hydrogen) atoms. The third-order valence-electron chi connectivity index (χ3n) is 23.7. The Morgan fingerprint density at radius 1 is 0.589 bits per heavy atom. The number of aliphatic hydroxyl groups excluding tert-OH is 6. The molecular weight excluding hydrogens is 1250 g/mol. The number of hydrogen-bond donors (Lipinski definition) is 9. The van der Waals surface area contributed by atoms with Crippen molar-refractivity contribution in [3.63, 3.8) is 0 Å². The summed E-state index contributed by atoms with van der Waals surface area (Å²) in [5, 5.41) is 102. The highest BCUT2D eigenvalue weighted by Crippen LogP contribution is 2.71. The highest BCUT2D eigenvalue weighted by molar-refractivity contribution is 5.87. The van der Waals surface area contributed by atoms with E-state index in [-0.39, 0.29) is 38.2 Å².